The summed E-state index contributed by atoms with van der Waals surface area (Å²) in [5.41, 5.74) is 6.47. The molecule has 0 aliphatic heterocycles. The van der Waals surface area contributed by atoms with Gasteiger partial charge in [-0.25, -0.2) is 4.39 Å². The van der Waals surface area contributed by atoms with Crippen LogP contribution in [0.5, 0.6) is 11.5 Å². The maximum Gasteiger partial charge on any atom is 0.145 e. The molecular formula is C13H12BrFN2O. The summed E-state index contributed by atoms with van der Waals surface area (Å²) in [7, 11) is 0. The second-order valence-corrected chi connectivity index (χ2v) is 4.69. The van der Waals surface area contributed by atoms with E-state index in [1.54, 1.807) is 18.5 Å². The van der Waals surface area contributed by atoms with Crippen molar-refractivity contribution < 1.29 is 9.13 Å². The Hall–Kier alpha value is -1.46. The Morgan fingerprint density at radius 3 is 2.72 bits per heavy atom. The zero-order valence-corrected chi connectivity index (χ0v) is 11.2. The lowest BCUT2D eigenvalue weighted by Crippen LogP contribution is -2.03. The van der Waals surface area contributed by atoms with Crippen molar-refractivity contribution in [3.63, 3.8) is 0 Å². The van der Waals surface area contributed by atoms with Crippen LogP contribution in [0.3, 0.4) is 0 Å². The fourth-order valence-corrected chi connectivity index (χ4v) is 1.99. The topological polar surface area (TPSA) is 48.1 Å². The Balaban J connectivity index is 2.20. The highest BCUT2D eigenvalue weighted by atomic mass is 79.9. The molecule has 94 valence electrons. The first kappa shape index (κ1) is 13.0. The van der Waals surface area contributed by atoms with E-state index in [0.29, 0.717) is 22.5 Å². The molecule has 0 unspecified atom stereocenters. The highest BCUT2D eigenvalue weighted by Gasteiger charge is 2.03. The molecule has 2 N–H and O–H groups in total. The van der Waals surface area contributed by atoms with E-state index in [9.17, 15) is 4.39 Å². The Morgan fingerprint density at radius 1 is 1.17 bits per heavy atom. The third-order valence-corrected chi connectivity index (χ3v) is 2.73. The van der Waals surface area contributed by atoms with Crippen LogP contribution >= 0.6 is 15.9 Å². The first-order chi connectivity index (χ1) is 8.67. The highest BCUT2D eigenvalue weighted by Crippen LogP contribution is 2.25. The highest BCUT2D eigenvalue weighted by molar-refractivity contribution is 9.10. The molecule has 0 radical (unpaired) electrons. The molecular weight excluding hydrogens is 299 g/mol. The second-order valence-electron chi connectivity index (χ2n) is 3.77. The first-order valence-electron chi connectivity index (χ1n) is 5.45. The van der Waals surface area contributed by atoms with E-state index in [1.807, 2.05) is 6.07 Å². The lowest BCUT2D eigenvalue weighted by atomic mass is 10.2. The quantitative estimate of drug-likeness (QED) is 0.942. The van der Waals surface area contributed by atoms with Crippen LogP contribution < -0.4 is 10.5 Å². The summed E-state index contributed by atoms with van der Waals surface area (Å²) in [5.74, 6) is 0.637. The largest absolute Gasteiger partial charge is 0.456 e. The van der Waals surface area contributed by atoms with E-state index in [1.165, 1.54) is 12.1 Å². The fraction of sp³-hybridized carbons (Fsp3) is 0.154. The molecule has 1 heterocycles. The van der Waals surface area contributed by atoms with Crippen LogP contribution in [-0.4, -0.2) is 11.5 Å². The maximum atomic E-state index is 13.2. The molecule has 2 rings (SSSR count). The molecule has 0 saturated carbocycles. The van der Waals surface area contributed by atoms with Gasteiger partial charge >= 0.3 is 0 Å². The van der Waals surface area contributed by atoms with Crippen LogP contribution in [0.4, 0.5) is 4.39 Å². The molecule has 0 amide bonds. The van der Waals surface area contributed by atoms with E-state index in [4.69, 9.17) is 10.5 Å². The summed E-state index contributed by atoms with van der Waals surface area (Å²) in [6.45, 7) is 0.552. The second kappa shape index (κ2) is 5.93. The number of ether oxygens (including phenoxy) is 1. The molecule has 5 heteroatoms. The van der Waals surface area contributed by atoms with Gasteiger partial charge in [0.1, 0.15) is 17.3 Å². The van der Waals surface area contributed by atoms with Gasteiger partial charge in [-0.05, 0) is 36.7 Å². The van der Waals surface area contributed by atoms with Crippen LogP contribution in [0.25, 0.3) is 0 Å². The van der Waals surface area contributed by atoms with Gasteiger partial charge in [-0.3, -0.25) is 4.98 Å². The van der Waals surface area contributed by atoms with Crippen LogP contribution in [0.1, 0.15) is 5.56 Å². The van der Waals surface area contributed by atoms with Crippen LogP contribution in [0, 0.1) is 5.82 Å². The molecule has 1 aromatic carbocycles. The number of benzene rings is 1. The molecule has 0 aliphatic rings. The third-order valence-electron chi connectivity index (χ3n) is 2.27. The minimum Gasteiger partial charge on any atom is -0.456 e. The molecule has 2 aromatic rings. The first-order valence-corrected chi connectivity index (χ1v) is 6.24. The van der Waals surface area contributed by atoms with E-state index in [-0.39, 0.29) is 5.82 Å². The molecule has 3 nitrogen and oxygen atoms in total. The van der Waals surface area contributed by atoms with E-state index >= 15 is 0 Å². The van der Waals surface area contributed by atoms with Crippen molar-refractivity contribution in [3.8, 4) is 11.5 Å². The molecule has 18 heavy (non-hydrogen) atoms. The number of halogens is 2. The standard InChI is InChI=1S/C13H12BrFN2O/c14-10-4-11(15)6-12(5-10)18-13-3-9(1-2-16)7-17-8-13/h3-8H,1-2,16H2. The van der Waals surface area contributed by atoms with Crippen molar-refractivity contribution in [2.45, 2.75) is 6.42 Å². The summed E-state index contributed by atoms with van der Waals surface area (Å²) in [5, 5.41) is 0. The number of nitrogens with zero attached hydrogens (tertiary/aromatic N) is 1. The van der Waals surface area contributed by atoms with Gasteiger partial charge < -0.3 is 10.5 Å². The Labute approximate surface area is 113 Å². The fourth-order valence-electron chi connectivity index (χ4n) is 1.55. The van der Waals surface area contributed by atoms with Gasteiger partial charge in [0.25, 0.3) is 0 Å². The Kier molecular flexibility index (Phi) is 4.28. The van der Waals surface area contributed by atoms with Crippen molar-refractivity contribution in [2.24, 2.45) is 5.73 Å². The molecule has 0 aliphatic carbocycles. The van der Waals surface area contributed by atoms with Crippen molar-refractivity contribution in [3.05, 3.63) is 52.5 Å². The monoisotopic (exact) mass is 310 g/mol. The number of pyridine rings is 1. The Bertz CT molecular complexity index is 528. The van der Waals surface area contributed by atoms with Gasteiger partial charge in [-0.2, -0.15) is 0 Å². The SMILES string of the molecule is NCCc1cncc(Oc2cc(F)cc(Br)c2)c1. The van der Waals surface area contributed by atoms with Gasteiger partial charge in [0.05, 0.1) is 6.20 Å². The van der Waals surface area contributed by atoms with Crippen molar-refractivity contribution in [2.75, 3.05) is 6.54 Å². The average Bonchev–Trinajstić information content (AvgIpc) is 2.28. The van der Waals surface area contributed by atoms with E-state index in [0.717, 1.165) is 12.0 Å². The lowest BCUT2D eigenvalue weighted by Gasteiger charge is -2.07. The molecule has 0 saturated heterocycles. The smallest absolute Gasteiger partial charge is 0.145 e. The molecule has 0 atom stereocenters. The zero-order valence-electron chi connectivity index (χ0n) is 9.57. The van der Waals surface area contributed by atoms with Crippen molar-refractivity contribution in [1.29, 1.82) is 0 Å². The van der Waals surface area contributed by atoms with E-state index < -0.39 is 0 Å². The number of nitrogens with two attached hydrogens (primary N) is 1. The van der Waals surface area contributed by atoms with Crippen molar-refractivity contribution >= 4 is 15.9 Å². The third kappa shape index (κ3) is 3.51. The predicted molar refractivity (Wildman–Crippen MR) is 71.2 cm³/mol. The van der Waals surface area contributed by atoms with Gasteiger partial charge in [-0.15, -0.1) is 0 Å². The van der Waals surface area contributed by atoms with Crippen LogP contribution in [0.2, 0.25) is 0 Å². The summed E-state index contributed by atoms with van der Waals surface area (Å²) >= 11 is 3.21. The summed E-state index contributed by atoms with van der Waals surface area (Å²) < 4.78 is 19.4. The van der Waals surface area contributed by atoms with Crippen molar-refractivity contribution in [1.82, 2.24) is 4.98 Å². The minimum absolute atomic E-state index is 0.356. The number of rotatable bonds is 4. The summed E-state index contributed by atoms with van der Waals surface area (Å²) in [6, 6.07) is 6.23. The van der Waals surface area contributed by atoms with Crippen LogP contribution in [-0.2, 0) is 6.42 Å². The van der Waals surface area contributed by atoms with Crippen LogP contribution in [0.15, 0.2) is 41.1 Å². The molecule has 0 spiro atoms. The normalized spacial score (nSPS) is 10.4. The number of hydrogen-bond donors (Lipinski definition) is 1. The number of aromatic nitrogens is 1. The van der Waals surface area contributed by atoms with Gasteiger partial charge in [0.15, 0.2) is 0 Å². The molecule has 1 aromatic heterocycles. The van der Waals surface area contributed by atoms with Gasteiger partial charge in [0, 0.05) is 16.7 Å². The van der Waals surface area contributed by atoms with E-state index in [2.05, 4.69) is 20.9 Å². The maximum absolute atomic E-state index is 13.2. The predicted octanol–water partition coefficient (Wildman–Crippen LogP) is 3.28. The van der Waals surface area contributed by atoms with Gasteiger partial charge in [0.2, 0.25) is 0 Å². The number of hydrogen-bond acceptors (Lipinski definition) is 3. The average molecular weight is 311 g/mol. The van der Waals surface area contributed by atoms with Gasteiger partial charge in [-0.1, -0.05) is 15.9 Å². The summed E-state index contributed by atoms with van der Waals surface area (Å²) in [4.78, 5) is 4.06. The summed E-state index contributed by atoms with van der Waals surface area (Å²) in [6.07, 6.45) is 4.05. The lowest BCUT2D eigenvalue weighted by molar-refractivity contribution is 0.473. The minimum atomic E-state index is -0.356. The zero-order chi connectivity index (χ0) is 13.0. The Morgan fingerprint density at radius 2 is 2.00 bits per heavy atom. The molecule has 0 bridgehead atoms. The molecule has 0 fully saturated rings.